The lowest BCUT2D eigenvalue weighted by Crippen LogP contribution is -2.21. The highest BCUT2D eigenvalue weighted by atomic mass is 19.4. The van der Waals surface area contributed by atoms with Crippen LogP contribution in [0.2, 0.25) is 0 Å². The molecule has 0 aromatic heterocycles. The molecule has 2 amide bonds. The Labute approximate surface area is 155 Å². The van der Waals surface area contributed by atoms with Crippen LogP contribution in [0, 0.1) is 0 Å². The molecule has 0 aliphatic heterocycles. The van der Waals surface area contributed by atoms with E-state index in [4.69, 9.17) is 0 Å². The van der Waals surface area contributed by atoms with Gasteiger partial charge in [-0.25, -0.2) is 0 Å². The Morgan fingerprint density at radius 3 is 1.89 bits per heavy atom. The summed E-state index contributed by atoms with van der Waals surface area (Å²) in [5, 5.41) is 4.89. The molecule has 4 nitrogen and oxygen atoms in total. The van der Waals surface area contributed by atoms with Crippen LogP contribution < -0.4 is 10.6 Å². The molecule has 0 aliphatic carbocycles. The molecule has 0 saturated heterocycles. The van der Waals surface area contributed by atoms with Crippen LogP contribution in [0.25, 0.3) is 0 Å². The first-order chi connectivity index (χ1) is 12.4. The van der Waals surface area contributed by atoms with Gasteiger partial charge >= 0.3 is 6.18 Å². The molecule has 27 heavy (non-hydrogen) atoms. The Bertz CT molecular complexity index is 822. The smallest absolute Gasteiger partial charge is 0.326 e. The molecule has 0 atom stereocenters. The molecular formula is C20H21F3N2O2. The Balaban J connectivity index is 1.93. The maximum Gasteiger partial charge on any atom is 0.416 e. The lowest BCUT2D eigenvalue weighted by Gasteiger charge is -2.19. The van der Waals surface area contributed by atoms with Gasteiger partial charge in [0.25, 0.3) is 0 Å². The third kappa shape index (κ3) is 6.13. The van der Waals surface area contributed by atoms with Gasteiger partial charge in [-0.15, -0.1) is 0 Å². The Hall–Kier alpha value is -2.83. The van der Waals surface area contributed by atoms with Crippen molar-refractivity contribution < 1.29 is 22.8 Å². The summed E-state index contributed by atoms with van der Waals surface area (Å²) in [5.41, 5.74) is 0.733. The molecule has 0 spiro atoms. The molecule has 2 aromatic carbocycles. The van der Waals surface area contributed by atoms with Gasteiger partial charge < -0.3 is 10.6 Å². The Kier molecular flexibility index (Phi) is 5.93. The number of carbonyl (C=O) groups excluding carboxylic acids is 2. The van der Waals surface area contributed by atoms with Gasteiger partial charge in [0.1, 0.15) is 6.42 Å². The summed E-state index contributed by atoms with van der Waals surface area (Å²) in [6, 6.07) is 11.5. The molecule has 0 saturated carbocycles. The van der Waals surface area contributed by atoms with E-state index in [9.17, 15) is 22.8 Å². The molecule has 2 rings (SSSR count). The summed E-state index contributed by atoms with van der Waals surface area (Å²) in [4.78, 5) is 23.9. The summed E-state index contributed by atoms with van der Waals surface area (Å²) >= 11 is 0. The van der Waals surface area contributed by atoms with Crippen LogP contribution in [0.3, 0.4) is 0 Å². The minimum absolute atomic E-state index is 0.0165. The van der Waals surface area contributed by atoms with E-state index < -0.39 is 30.0 Å². The van der Waals surface area contributed by atoms with E-state index in [1.54, 1.807) is 12.1 Å². The second-order valence-electron chi connectivity index (χ2n) is 7.18. The quantitative estimate of drug-likeness (QED) is 0.738. The zero-order valence-electron chi connectivity index (χ0n) is 15.3. The van der Waals surface area contributed by atoms with Gasteiger partial charge in [0, 0.05) is 11.4 Å². The molecule has 0 radical (unpaired) electrons. The van der Waals surface area contributed by atoms with Crippen molar-refractivity contribution in [2.24, 2.45) is 0 Å². The number of nitrogens with one attached hydrogen (secondary N) is 2. The number of carbonyl (C=O) groups is 2. The van der Waals surface area contributed by atoms with E-state index in [0.717, 1.165) is 17.7 Å². The highest BCUT2D eigenvalue weighted by Gasteiger charge is 2.30. The number of hydrogen-bond acceptors (Lipinski definition) is 2. The molecule has 7 heteroatoms. The van der Waals surface area contributed by atoms with Crippen molar-refractivity contribution in [2.45, 2.75) is 38.8 Å². The summed E-state index contributed by atoms with van der Waals surface area (Å²) < 4.78 is 38.0. The molecule has 0 fully saturated rings. The van der Waals surface area contributed by atoms with Crippen molar-refractivity contribution in [1.82, 2.24) is 0 Å². The normalized spacial score (nSPS) is 11.8. The molecule has 2 aromatic rings. The molecule has 0 aliphatic rings. The van der Waals surface area contributed by atoms with Gasteiger partial charge in [0.2, 0.25) is 11.8 Å². The van der Waals surface area contributed by atoms with Crippen LogP contribution in [0.15, 0.2) is 48.5 Å². The van der Waals surface area contributed by atoms with Gasteiger partial charge in [-0.2, -0.15) is 13.2 Å². The predicted octanol–water partition coefficient (Wildman–Crippen LogP) is 4.97. The van der Waals surface area contributed by atoms with E-state index in [2.05, 4.69) is 31.4 Å². The van der Waals surface area contributed by atoms with Crippen LogP contribution in [-0.2, 0) is 21.2 Å². The van der Waals surface area contributed by atoms with Gasteiger partial charge in [0.15, 0.2) is 0 Å². The first-order valence-corrected chi connectivity index (χ1v) is 8.33. The monoisotopic (exact) mass is 378 g/mol. The summed E-state index contributed by atoms with van der Waals surface area (Å²) in [6.45, 7) is 6.20. The second-order valence-corrected chi connectivity index (χ2v) is 7.18. The van der Waals surface area contributed by atoms with E-state index in [0.29, 0.717) is 5.69 Å². The highest BCUT2D eigenvalue weighted by Crippen LogP contribution is 2.30. The van der Waals surface area contributed by atoms with Crippen LogP contribution in [-0.4, -0.2) is 11.8 Å². The molecule has 0 heterocycles. The van der Waals surface area contributed by atoms with Crippen molar-refractivity contribution in [3.63, 3.8) is 0 Å². The van der Waals surface area contributed by atoms with Gasteiger partial charge in [-0.05, 0) is 41.3 Å². The predicted molar refractivity (Wildman–Crippen MR) is 98.5 cm³/mol. The number of anilines is 2. The van der Waals surface area contributed by atoms with Crippen LogP contribution in [0.1, 0.15) is 38.3 Å². The number of rotatable bonds is 4. The molecular weight excluding hydrogens is 357 g/mol. The molecule has 2 N–H and O–H groups in total. The highest BCUT2D eigenvalue weighted by molar-refractivity contribution is 6.08. The number of alkyl halides is 3. The van der Waals surface area contributed by atoms with E-state index in [1.165, 1.54) is 12.1 Å². The number of hydrogen-bond donors (Lipinski definition) is 2. The van der Waals surface area contributed by atoms with Gasteiger partial charge in [0.05, 0.1) is 5.56 Å². The topological polar surface area (TPSA) is 58.2 Å². The standard InChI is InChI=1S/C20H21F3N2O2/c1-19(2,3)13-7-9-15(10-8-13)24-17(26)12-18(27)25-16-6-4-5-14(11-16)20(21,22)23/h4-11H,12H2,1-3H3,(H,24,26)(H,25,27). The summed E-state index contributed by atoms with van der Waals surface area (Å²) in [5.74, 6) is -1.25. The number of halogens is 3. The third-order valence-electron chi connectivity index (χ3n) is 3.83. The third-order valence-corrected chi connectivity index (χ3v) is 3.83. The largest absolute Gasteiger partial charge is 0.416 e. The Morgan fingerprint density at radius 1 is 0.815 bits per heavy atom. The van der Waals surface area contributed by atoms with Crippen molar-refractivity contribution in [3.8, 4) is 0 Å². The summed E-state index contributed by atoms with van der Waals surface area (Å²) in [7, 11) is 0. The van der Waals surface area contributed by atoms with Crippen molar-refractivity contribution in [3.05, 3.63) is 59.7 Å². The minimum Gasteiger partial charge on any atom is -0.326 e. The minimum atomic E-state index is -4.50. The SMILES string of the molecule is CC(C)(C)c1ccc(NC(=O)CC(=O)Nc2cccc(C(F)(F)F)c2)cc1. The van der Waals surface area contributed by atoms with E-state index >= 15 is 0 Å². The maximum atomic E-state index is 12.7. The average Bonchev–Trinajstić information content (AvgIpc) is 2.53. The fourth-order valence-electron chi connectivity index (χ4n) is 2.38. The number of amides is 2. The molecule has 0 unspecified atom stereocenters. The number of benzene rings is 2. The Morgan fingerprint density at radius 2 is 1.37 bits per heavy atom. The first-order valence-electron chi connectivity index (χ1n) is 8.33. The molecule has 0 bridgehead atoms. The average molecular weight is 378 g/mol. The lowest BCUT2D eigenvalue weighted by molar-refractivity contribution is -0.137. The van der Waals surface area contributed by atoms with Crippen molar-refractivity contribution in [1.29, 1.82) is 0 Å². The zero-order valence-corrected chi connectivity index (χ0v) is 15.3. The van der Waals surface area contributed by atoms with Crippen molar-refractivity contribution in [2.75, 3.05) is 10.6 Å². The van der Waals surface area contributed by atoms with Crippen LogP contribution in [0.5, 0.6) is 0 Å². The van der Waals surface area contributed by atoms with Gasteiger partial charge in [-0.3, -0.25) is 9.59 Å². The first kappa shape index (κ1) is 20.5. The fraction of sp³-hybridized carbons (Fsp3) is 0.300. The van der Waals surface area contributed by atoms with Crippen molar-refractivity contribution >= 4 is 23.2 Å². The zero-order chi connectivity index (χ0) is 20.2. The fourth-order valence-corrected chi connectivity index (χ4v) is 2.38. The van der Waals surface area contributed by atoms with Crippen LogP contribution in [0.4, 0.5) is 24.5 Å². The van der Waals surface area contributed by atoms with E-state index in [-0.39, 0.29) is 11.1 Å². The van der Waals surface area contributed by atoms with Crippen LogP contribution >= 0.6 is 0 Å². The summed E-state index contributed by atoms with van der Waals surface area (Å²) in [6.07, 6.45) is -5.01. The second kappa shape index (κ2) is 7.82. The maximum absolute atomic E-state index is 12.7. The van der Waals surface area contributed by atoms with E-state index in [1.807, 2.05) is 12.1 Å². The lowest BCUT2D eigenvalue weighted by atomic mass is 9.87. The van der Waals surface area contributed by atoms with Gasteiger partial charge in [-0.1, -0.05) is 39.0 Å². The molecule has 144 valence electrons.